The number of halogens is 1. The van der Waals surface area contributed by atoms with Crippen LogP contribution in [0.1, 0.15) is 0 Å². The molecule has 0 atom stereocenters. The van der Waals surface area contributed by atoms with E-state index in [1.54, 1.807) is 42.9 Å². The normalized spacial score (nSPS) is 10.6. The minimum absolute atomic E-state index is 0.347. The monoisotopic (exact) mass is 374 g/mol. The first kappa shape index (κ1) is 17.0. The maximum absolute atomic E-state index is 12.2. The predicted octanol–water partition coefficient (Wildman–Crippen LogP) is 5.59. The Balaban J connectivity index is 1.64. The van der Waals surface area contributed by atoms with Crippen molar-refractivity contribution in [3.63, 3.8) is 0 Å². The Bertz CT molecular complexity index is 1110. The molecule has 2 aromatic heterocycles. The lowest BCUT2D eigenvalue weighted by atomic mass is 10.0. The first-order valence-electron chi connectivity index (χ1n) is 8.32. The molecule has 0 radical (unpaired) electrons. The molecule has 0 fully saturated rings. The standard InChI is InChI=1S/C21H15ClN4O/c22-19-6-5-16(26-21(27)25-15-8-10-23-11-9-15)13-18(19)20-17-4-2-1-3-14(17)7-12-24-20/h1-13H,(H2,23,25,26,27). The summed E-state index contributed by atoms with van der Waals surface area (Å²) in [6.45, 7) is 0. The molecule has 2 N–H and O–H groups in total. The van der Waals surface area contributed by atoms with Gasteiger partial charge in [-0.1, -0.05) is 35.9 Å². The highest BCUT2D eigenvalue weighted by atomic mass is 35.5. The van der Waals surface area contributed by atoms with Gasteiger partial charge in [-0.3, -0.25) is 9.97 Å². The number of hydrogen-bond donors (Lipinski definition) is 2. The number of fused-ring (bicyclic) bond motifs is 1. The van der Waals surface area contributed by atoms with Crippen molar-refractivity contribution in [3.8, 4) is 11.3 Å². The average Bonchev–Trinajstić information content (AvgIpc) is 2.70. The number of rotatable bonds is 3. The summed E-state index contributed by atoms with van der Waals surface area (Å²) in [7, 11) is 0. The van der Waals surface area contributed by atoms with Crippen molar-refractivity contribution in [2.75, 3.05) is 10.6 Å². The van der Waals surface area contributed by atoms with Crippen LogP contribution in [0.2, 0.25) is 5.02 Å². The van der Waals surface area contributed by atoms with Gasteiger partial charge in [-0.05, 0) is 41.8 Å². The molecule has 2 amide bonds. The zero-order valence-corrected chi connectivity index (χ0v) is 14.9. The van der Waals surface area contributed by atoms with E-state index < -0.39 is 0 Å². The van der Waals surface area contributed by atoms with E-state index in [1.165, 1.54) is 0 Å². The Morgan fingerprint density at radius 2 is 1.63 bits per heavy atom. The van der Waals surface area contributed by atoms with Crippen LogP contribution in [-0.4, -0.2) is 16.0 Å². The Morgan fingerprint density at radius 3 is 2.48 bits per heavy atom. The first-order chi connectivity index (χ1) is 13.2. The number of nitrogens with zero attached hydrogens (tertiary/aromatic N) is 2. The lowest BCUT2D eigenvalue weighted by molar-refractivity contribution is 0.262. The second-order valence-corrected chi connectivity index (χ2v) is 6.30. The molecule has 27 heavy (non-hydrogen) atoms. The Hall–Kier alpha value is -3.44. The van der Waals surface area contributed by atoms with Crippen molar-refractivity contribution in [2.24, 2.45) is 0 Å². The largest absolute Gasteiger partial charge is 0.323 e. The summed E-state index contributed by atoms with van der Waals surface area (Å²) in [4.78, 5) is 20.7. The van der Waals surface area contributed by atoms with E-state index >= 15 is 0 Å². The van der Waals surface area contributed by atoms with E-state index in [9.17, 15) is 4.79 Å². The van der Waals surface area contributed by atoms with Gasteiger partial charge in [0.25, 0.3) is 0 Å². The number of anilines is 2. The fourth-order valence-corrected chi connectivity index (χ4v) is 3.05. The number of pyridine rings is 2. The predicted molar refractivity (Wildman–Crippen MR) is 109 cm³/mol. The van der Waals surface area contributed by atoms with Crippen molar-refractivity contribution < 1.29 is 4.79 Å². The molecular weight excluding hydrogens is 360 g/mol. The van der Waals surface area contributed by atoms with Crippen LogP contribution in [0.4, 0.5) is 16.2 Å². The molecule has 0 unspecified atom stereocenters. The van der Waals surface area contributed by atoms with E-state index in [0.717, 1.165) is 22.0 Å². The molecule has 2 heterocycles. The molecule has 6 heteroatoms. The lowest BCUT2D eigenvalue weighted by Crippen LogP contribution is -2.19. The van der Waals surface area contributed by atoms with Crippen LogP contribution in [-0.2, 0) is 0 Å². The molecule has 4 rings (SSSR count). The minimum Gasteiger partial charge on any atom is -0.308 e. The molecule has 4 aromatic rings. The fourth-order valence-electron chi connectivity index (χ4n) is 2.85. The van der Waals surface area contributed by atoms with E-state index in [1.807, 2.05) is 36.4 Å². The molecule has 132 valence electrons. The topological polar surface area (TPSA) is 66.9 Å². The summed E-state index contributed by atoms with van der Waals surface area (Å²) in [6, 6.07) is 18.3. The van der Waals surface area contributed by atoms with Gasteiger partial charge in [0.05, 0.1) is 10.7 Å². The minimum atomic E-state index is -0.347. The first-order valence-corrected chi connectivity index (χ1v) is 8.70. The SMILES string of the molecule is O=C(Nc1ccncc1)Nc1ccc(Cl)c(-c2nccc3ccccc23)c1. The highest BCUT2D eigenvalue weighted by Crippen LogP contribution is 2.33. The number of carbonyl (C=O) groups excluding carboxylic acids is 1. The van der Waals surface area contributed by atoms with Gasteiger partial charge in [0.1, 0.15) is 0 Å². The van der Waals surface area contributed by atoms with Crippen molar-refractivity contribution in [3.05, 3.63) is 84.3 Å². The van der Waals surface area contributed by atoms with Crippen LogP contribution in [0.5, 0.6) is 0 Å². The molecule has 0 bridgehead atoms. The number of urea groups is 1. The third-order valence-electron chi connectivity index (χ3n) is 4.09. The summed E-state index contributed by atoms with van der Waals surface area (Å²) in [5.74, 6) is 0. The van der Waals surface area contributed by atoms with Gasteiger partial charge in [0, 0.05) is 40.9 Å². The van der Waals surface area contributed by atoms with Crippen LogP contribution in [0.3, 0.4) is 0 Å². The molecular formula is C21H15ClN4O. The van der Waals surface area contributed by atoms with Crippen LogP contribution in [0.25, 0.3) is 22.0 Å². The van der Waals surface area contributed by atoms with E-state index in [4.69, 9.17) is 11.6 Å². The second-order valence-electron chi connectivity index (χ2n) is 5.89. The zero-order valence-electron chi connectivity index (χ0n) is 14.2. The summed E-state index contributed by atoms with van der Waals surface area (Å²) < 4.78 is 0. The van der Waals surface area contributed by atoms with Crippen LogP contribution in [0, 0.1) is 0 Å². The van der Waals surface area contributed by atoms with Crippen molar-refractivity contribution in [1.29, 1.82) is 0 Å². The molecule has 0 aliphatic carbocycles. The third kappa shape index (κ3) is 3.73. The molecule has 0 saturated carbocycles. The summed E-state index contributed by atoms with van der Waals surface area (Å²) in [5, 5.41) is 8.22. The van der Waals surface area contributed by atoms with Gasteiger partial charge in [-0.2, -0.15) is 0 Å². The van der Waals surface area contributed by atoms with Gasteiger partial charge in [0.2, 0.25) is 0 Å². The quantitative estimate of drug-likeness (QED) is 0.491. The van der Waals surface area contributed by atoms with Crippen LogP contribution < -0.4 is 10.6 Å². The molecule has 0 spiro atoms. The summed E-state index contributed by atoms with van der Waals surface area (Å²) >= 11 is 6.42. The van der Waals surface area contributed by atoms with E-state index in [-0.39, 0.29) is 6.03 Å². The zero-order chi connectivity index (χ0) is 18.6. The summed E-state index contributed by atoms with van der Waals surface area (Å²) in [6.07, 6.45) is 4.98. The molecule has 2 aromatic carbocycles. The van der Waals surface area contributed by atoms with Crippen molar-refractivity contribution in [2.45, 2.75) is 0 Å². The van der Waals surface area contributed by atoms with E-state index in [0.29, 0.717) is 16.4 Å². The summed E-state index contributed by atoms with van der Waals surface area (Å²) in [5.41, 5.74) is 2.81. The molecule has 0 saturated heterocycles. The van der Waals surface area contributed by atoms with Crippen LogP contribution >= 0.6 is 11.6 Å². The maximum atomic E-state index is 12.2. The van der Waals surface area contributed by atoms with Gasteiger partial charge >= 0.3 is 6.03 Å². The smallest absolute Gasteiger partial charge is 0.308 e. The van der Waals surface area contributed by atoms with E-state index in [2.05, 4.69) is 20.6 Å². The fraction of sp³-hybridized carbons (Fsp3) is 0. The Morgan fingerprint density at radius 1 is 0.852 bits per heavy atom. The number of hydrogen-bond acceptors (Lipinski definition) is 3. The van der Waals surface area contributed by atoms with Crippen LogP contribution in [0.15, 0.2) is 79.3 Å². The molecule has 5 nitrogen and oxygen atoms in total. The third-order valence-corrected chi connectivity index (χ3v) is 4.42. The van der Waals surface area contributed by atoms with Crippen molar-refractivity contribution in [1.82, 2.24) is 9.97 Å². The lowest BCUT2D eigenvalue weighted by Gasteiger charge is -2.11. The highest BCUT2D eigenvalue weighted by Gasteiger charge is 2.11. The van der Waals surface area contributed by atoms with Gasteiger partial charge < -0.3 is 10.6 Å². The average molecular weight is 375 g/mol. The number of aromatic nitrogens is 2. The van der Waals surface area contributed by atoms with Gasteiger partial charge in [-0.15, -0.1) is 0 Å². The Kier molecular flexibility index (Phi) is 4.68. The molecule has 0 aliphatic heterocycles. The highest BCUT2D eigenvalue weighted by molar-refractivity contribution is 6.33. The molecule has 0 aliphatic rings. The maximum Gasteiger partial charge on any atom is 0.323 e. The number of benzene rings is 2. The second kappa shape index (κ2) is 7.43. The van der Waals surface area contributed by atoms with Gasteiger partial charge in [0.15, 0.2) is 0 Å². The Labute approximate surface area is 161 Å². The number of carbonyl (C=O) groups is 1. The van der Waals surface area contributed by atoms with Crippen molar-refractivity contribution >= 4 is 39.8 Å². The number of nitrogens with one attached hydrogen (secondary N) is 2. The number of amides is 2. The van der Waals surface area contributed by atoms with Gasteiger partial charge in [-0.25, -0.2) is 4.79 Å².